The number of hydrogen-bond acceptors (Lipinski definition) is 3. The van der Waals surface area contributed by atoms with Gasteiger partial charge in [0.2, 0.25) is 0 Å². The molecule has 0 radical (unpaired) electrons. The monoisotopic (exact) mass is 130 g/mol. The van der Waals surface area contributed by atoms with Gasteiger partial charge in [0, 0.05) is 7.05 Å². The standard InChI is InChI=1S/C5H10N2O2/c1-3-5(6-2)4-7(8)9/h4,6H,3H2,1-2H3. The maximum atomic E-state index is 9.82. The Kier molecular flexibility index (Phi) is 3.43. The molecule has 0 saturated heterocycles. The molecule has 0 aliphatic heterocycles. The summed E-state index contributed by atoms with van der Waals surface area (Å²) in [5, 5.41) is 12.5. The van der Waals surface area contributed by atoms with Gasteiger partial charge in [-0.3, -0.25) is 10.1 Å². The molecule has 0 spiro atoms. The Balaban J connectivity index is 3.91. The molecular weight excluding hydrogens is 120 g/mol. The van der Waals surface area contributed by atoms with E-state index in [0.717, 1.165) is 6.20 Å². The van der Waals surface area contributed by atoms with Crippen molar-refractivity contribution in [3.05, 3.63) is 22.0 Å². The van der Waals surface area contributed by atoms with Crippen LogP contribution in [0.1, 0.15) is 13.3 Å². The maximum absolute atomic E-state index is 9.82. The molecule has 0 bridgehead atoms. The van der Waals surface area contributed by atoms with Crippen LogP contribution in [0.3, 0.4) is 0 Å². The van der Waals surface area contributed by atoms with E-state index in [1.807, 2.05) is 6.92 Å². The normalized spacial score (nSPS) is 11.1. The Morgan fingerprint density at radius 2 is 2.44 bits per heavy atom. The zero-order chi connectivity index (χ0) is 7.28. The molecule has 1 N–H and O–H groups in total. The molecule has 0 saturated carbocycles. The van der Waals surface area contributed by atoms with Crippen LogP contribution in [0.15, 0.2) is 11.9 Å². The maximum Gasteiger partial charge on any atom is 0.253 e. The van der Waals surface area contributed by atoms with Crippen molar-refractivity contribution in [1.82, 2.24) is 5.32 Å². The minimum Gasteiger partial charge on any atom is -0.386 e. The van der Waals surface area contributed by atoms with Gasteiger partial charge in [-0.05, 0) is 6.42 Å². The second kappa shape index (κ2) is 3.88. The molecule has 0 atom stereocenters. The first-order valence-corrected chi connectivity index (χ1v) is 2.72. The van der Waals surface area contributed by atoms with Crippen molar-refractivity contribution in [2.24, 2.45) is 0 Å². The average Bonchev–Trinajstić information content (AvgIpc) is 1.82. The highest BCUT2D eigenvalue weighted by molar-refractivity contribution is 4.91. The smallest absolute Gasteiger partial charge is 0.253 e. The molecule has 4 heteroatoms. The van der Waals surface area contributed by atoms with Gasteiger partial charge >= 0.3 is 0 Å². The fourth-order valence-corrected chi connectivity index (χ4v) is 0.460. The van der Waals surface area contributed by atoms with Gasteiger partial charge in [0.15, 0.2) is 0 Å². The summed E-state index contributed by atoms with van der Waals surface area (Å²) in [4.78, 5) is 9.35. The summed E-state index contributed by atoms with van der Waals surface area (Å²) in [5.74, 6) is 0. The van der Waals surface area contributed by atoms with Crippen molar-refractivity contribution in [2.45, 2.75) is 13.3 Å². The summed E-state index contributed by atoms with van der Waals surface area (Å²) < 4.78 is 0. The van der Waals surface area contributed by atoms with Crippen molar-refractivity contribution in [3.8, 4) is 0 Å². The third-order valence-corrected chi connectivity index (χ3v) is 0.963. The number of nitrogens with zero attached hydrogens (tertiary/aromatic N) is 1. The van der Waals surface area contributed by atoms with Crippen molar-refractivity contribution in [3.63, 3.8) is 0 Å². The van der Waals surface area contributed by atoms with E-state index in [0.29, 0.717) is 12.1 Å². The summed E-state index contributed by atoms with van der Waals surface area (Å²) >= 11 is 0. The highest BCUT2D eigenvalue weighted by Gasteiger charge is 1.93. The van der Waals surface area contributed by atoms with Gasteiger partial charge in [0.05, 0.1) is 10.6 Å². The van der Waals surface area contributed by atoms with Crippen LogP contribution < -0.4 is 5.32 Å². The average molecular weight is 130 g/mol. The quantitative estimate of drug-likeness (QED) is 0.452. The van der Waals surface area contributed by atoms with Crippen LogP contribution in [-0.4, -0.2) is 12.0 Å². The molecule has 0 amide bonds. The van der Waals surface area contributed by atoms with Crippen molar-refractivity contribution < 1.29 is 4.92 Å². The SMILES string of the molecule is CCC(=C[N+](=O)[O-])NC. The van der Waals surface area contributed by atoms with E-state index < -0.39 is 4.92 Å². The molecule has 0 aromatic rings. The molecule has 0 fully saturated rings. The first-order chi connectivity index (χ1) is 4.20. The Hall–Kier alpha value is -1.06. The minimum atomic E-state index is -0.463. The number of allylic oxidation sites excluding steroid dienone is 1. The third kappa shape index (κ3) is 3.52. The van der Waals surface area contributed by atoms with E-state index in [1.54, 1.807) is 7.05 Å². The van der Waals surface area contributed by atoms with E-state index in [4.69, 9.17) is 0 Å². The molecule has 0 aliphatic rings. The topological polar surface area (TPSA) is 55.2 Å². The third-order valence-electron chi connectivity index (χ3n) is 0.963. The van der Waals surface area contributed by atoms with Crippen LogP contribution in [-0.2, 0) is 0 Å². The number of nitro groups is 1. The second-order valence-corrected chi connectivity index (χ2v) is 1.54. The largest absolute Gasteiger partial charge is 0.386 e. The lowest BCUT2D eigenvalue weighted by Gasteiger charge is -1.95. The molecule has 9 heavy (non-hydrogen) atoms. The Labute approximate surface area is 53.7 Å². The predicted molar refractivity (Wildman–Crippen MR) is 34.4 cm³/mol. The fourth-order valence-electron chi connectivity index (χ4n) is 0.460. The molecule has 0 heterocycles. The van der Waals surface area contributed by atoms with Crippen LogP contribution >= 0.6 is 0 Å². The lowest BCUT2D eigenvalue weighted by Crippen LogP contribution is -2.06. The molecule has 4 nitrogen and oxygen atoms in total. The van der Waals surface area contributed by atoms with Gasteiger partial charge in [0.25, 0.3) is 6.20 Å². The van der Waals surface area contributed by atoms with Crippen molar-refractivity contribution in [2.75, 3.05) is 7.05 Å². The summed E-state index contributed by atoms with van der Waals surface area (Å²) in [6.07, 6.45) is 1.64. The predicted octanol–water partition coefficient (Wildman–Crippen LogP) is 0.734. The lowest BCUT2D eigenvalue weighted by atomic mass is 10.4. The Bertz CT molecular complexity index is 125. The summed E-state index contributed by atoms with van der Waals surface area (Å²) in [6, 6.07) is 0. The highest BCUT2D eigenvalue weighted by atomic mass is 16.6. The van der Waals surface area contributed by atoms with Gasteiger partial charge in [-0.2, -0.15) is 0 Å². The summed E-state index contributed by atoms with van der Waals surface area (Å²) in [6.45, 7) is 1.85. The molecule has 0 aliphatic carbocycles. The number of rotatable bonds is 3. The molecular formula is C5H10N2O2. The first kappa shape index (κ1) is 7.94. The van der Waals surface area contributed by atoms with E-state index >= 15 is 0 Å². The van der Waals surface area contributed by atoms with Crippen LogP contribution in [0.4, 0.5) is 0 Å². The van der Waals surface area contributed by atoms with Crippen molar-refractivity contribution in [1.29, 1.82) is 0 Å². The Morgan fingerprint density at radius 3 is 2.56 bits per heavy atom. The van der Waals surface area contributed by atoms with E-state index in [9.17, 15) is 10.1 Å². The van der Waals surface area contributed by atoms with Gasteiger partial charge in [-0.25, -0.2) is 0 Å². The van der Waals surface area contributed by atoms with Crippen molar-refractivity contribution >= 4 is 0 Å². The summed E-state index contributed by atoms with van der Waals surface area (Å²) in [5.41, 5.74) is 0.639. The van der Waals surface area contributed by atoms with E-state index in [-0.39, 0.29) is 0 Å². The summed E-state index contributed by atoms with van der Waals surface area (Å²) in [7, 11) is 1.67. The van der Waals surface area contributed by atoms with E-state index in [1.165, 1.54) is 0 Å². The van der Waals surface area contributed by atoms with Gasteiger partial charge in [-0.15, -0.1) is 0 Å². The molecule has 0 aromatic heterocycles. The zero-order valence-corrected chi connectivity index (χ0v) is 5.55. The molecule has 0 rings (SSSR count). The minimum absolute atomic E-state index is 0.463. The van der Waals surface area contributed by atoms with Crippen LogP contribution in [0.25, 0.3) is 0 Å². The zero-order valence-electron chi connectivity index (χ0n) is 5.55. The van der Waals surface area contributed by atoms with E-state index in [2.05, 4.69) is 5.32 Å². The molecule has 52 valence electrons. The highest BCUT2D eigenvalue weighted by Crippen LogP contribution is 1.92. The Morgan fingerprint density at radius 1 is 1.89 bits per heavy atom. The molecule has 0 unspecified atom stereocenters. The van der Waals surface area contributed by atoms with Gasteiger partial charge in [-0.1, -0.05) is 6.92 Å². The van der Waals surface area contributed by atoms with Crippen LogP contribution in [0.2, 0.25) is 0 Å². The lowest BCUT2D eigenvalue weighted by molar-refractivity contribution is -0.403. The fraction of sp³-hybridized carbons (Fsp3) is 0.600. The number of nitrogens with one attached hydrogen (secondary N) is 1. The second-order valence-electron chi connectivity index (χ2n) is 1.54. The first-order valence-electron chi connectivity index (χ1n) is 2.72. The van der Waals surface area contributed by atoms with Crippen LogP contribution in [0.5, 0.6) is 0 Å². The van der Waals surface area contributed by atoms with Gasteiger partial charge < -0.3 is 5.32 Å². The number of hydrogen-bond donors (Lipinski definition) is 1. The molecule has 0 aromatic carbocycles. The van der Waals surface area contributed by atoms with Crippen LogP contribution in [0, 0.1) is 10.1 Å². The van der Waals surface area contributed by atoms with Gasteiger partial charge in [0.1, 0.15) is 0 Å².